The van der Waals surface area contributed by atoms with Crippen molar-refractivity contribution in [1.29, 1.82) is 0 Å². The van der Waals surface area contributed by atoms with Crippen molar-refractivity contribution in [3.8, 4) is 0 Å². The van der Waals surface area contributed by atoms with Gasteiger partial charge in [-0.25, -0.2) is 0 Å². The molecule has 0 bridgehead atoms. The first kappa shape index (κ1) is 10.3. The maximum absolute atomic E-state index is 3.69. The molecule has 84 valence electrons. The molecular formula is C14H17NS. The second kappa shape index (κ2) is 3.86. The molecule has 1 nitrogen and oxygen atoms in total. The van der Waals surface area contributed by atoms with Gasteiger partial charge in [-0.2, -0.15) is 0 Å². The Hall–Kier alpha value is -0.860. The fourth-order valence-corrected chi connectivity index (χ4v) is 3.25. The molecule has 0 radical (unpaired) electrons. The van der Waals surface area contributed by atoms with Crippen LogP contribution in [0, 0.1) is 5.92 Å². The van der Waals surface area contributed by atoms with Crippen molar-refractivity contribution in [2.24, 2.45) is 5.92 Å². The lowest BCUT2D eigenvalue weighted by Crippen LogP contribution is -2.21. The molecule has 3 rings (SSSR count). The summed E-state index contributed by atoms with van der Waals surface area (Å²) in [5.41, 5.74) is 0. The average molecular weight is 231 g/mol. The van der Waals surface area contributed by atoms with E-state index < -0.39 is 0 Å². The molecule has 16 heavy (non-hydrogen) atoms. The minimum absolute atomic E-state index is 0.493. The fourth-order valence-electron chi connectivity index (χ4n) is 2.17. The summed E-state index contributed by atoms with van der Waals surface area (Å²) >= 11 is 1.91. The lowest BCUT2D eigenvalue weighted by molar-refractivity contribution is 0.559. The smallest absolute Gasteiger partial charge is 0.0388 e. The number of hydrogen-bond acceptors (Lipinski definition) is 2. The van der Waals surface area contributed by atoms with Crippen LogP contribution in [0.25, 0.3) is 10.1 Å². The molecule has 0 amide bonds. The Morgan fingerprint density at radius 3 is 2.81 bits per heavy atom. The van der Waals surface area contributed by atoms with Crippen LogP contribution in [0.5, 0.6) is 0 Å². The van der Waals surface area contributed by atoms with Crippen LogP contribution in [0.2, 0.25) is 0 Å². The highest BCUT2D eigenvalue weighted by Gasteiger charge is 2.33. The molecule has 1 saturated carbocycles. The molecule has 0 spiro atoms. The monoisotopic (exact) mass is 231 g/mol. The van der Waals surface area contributed by atoms with Crippen molar-refractivity contribution >= 4 is 21.4 Å². The summed E-state index contributed by atoms with van der Waals surface area (Å²) < 4.78 is 1.40. The fraction of sp³-hybridized carbons (Fsp3) is 0.429. The second-order valence-corrected chi connectivity index (χ2v) is 6.01. The standard InChI is InChI=1S/C14H17NS/c1-9-7-12(9)15-10(2)14-8-11-5-3-4-6-13(11)16-14/h3-6,8-10,12,15H,7H2,1-2H3. The summed E-state index contributed by atoms with van der Waals surface area (Å²) in [6.07, 6.45) is 1.34. The van der Waals surface area contributed by atoms with E-state index in [0.717, 1.165) is 12.0 Å². The van der Waals surface area contributed by atoms with Gasteiger partial charge < -0.3 is 5.32 Å². The SMILES string of the molecule is CC(NC1CC1C)c1cc2ccccc2s1. The van der Waals surface area contributed by atoms with E-state index in [1.165, 1.54) is 21.4 Å². The van der Waals surface area contributed by atoms with Gasteiger partial charge in [0.1, 0.15) is 0 Å². The predicted octanol–water partition coefficient (Wildman–Crippen LogP) is 3.96. The van der Waals surface area contributed by atoms with Gasteiger partial charge in [0.25, 0.3) is 0 Å². The number of hydrogen-bond donors (Lipinski definition) is 1. The first-order chi connectivity index (χ1) is 7.74. The molecule has 2 aromatic rings. The Labute approximate surface area is 100 Å². The number of rotatable bonds is 3. The maximum Gasteiger partial charge on any atom is 0.0388 e. The number of nitrogens with one attached hydrogen (secondary N) is 1. The Kier molecular flexibility index (Phi) is 2.49. The Morgan fingerprint density at radius 2 is 2.12 bits per heavy atom. The summed E-state index contributed by atoms with van der Waals surface area (Å²) in [7, 11) is 0. The van der Waals surface area contributed by atoms with Crippen molar-refractivity contribution in [3.05, 3.63) is 35.2 Å². The van der Waals surface area contributed by atoms with E-state index in [9.17, 15) is 0 Å². The molecule has 2 heteroatoms. The molecule has 0 saturated heterocycles. The second-order valence-electron chi connectivity index (χ2n) is 4.89. The minimum atomic E-state index is 0.493. The normalized spacial score (nSPS) is 25.9. The van der Waals surface area contributed by atoms with Crippen LogP contribution in [-0.2, 0) is 0 Å². The van der Waals surface area contributed by atoms with Crippen molar-refractivity contribution in [2.45, 2.75) is 32.4 Å². The van der Waals surface area contributed by atoms with Gasteiger partial charge in [0.15, 0.2) is 0 Å². The molecule has 0 aliphatic heterocycles. The zero-order valence-electron chi connectivity index (χ0n) is 9.73. The molecular weight excluding hydrogens is 214 g/mol. The third-order valence-corrected chi connectivity index (χ3v) is 4.74. The Balaban J connectivity index is 1.82. The van der Waals surface area contributed by atoms with Crippen molar-refractivity contribution in [1.82, 2.24) is 5.32 Å². The molecule has 1 aliphatic rings. The Bertz CT molecular complexity index is 469. The molecule has 1 aromatic heterocycles. The highest BCUT2D eigenvalue weighted by Crippen LogP contribution is 2.34. The van der Waals surface area contributed by atoms with E-state index in [1.54, 1.807) is 0 Å². The quantitative estimate of drug-likeness (QED) is 0.843. The molecule has 1 aromatic carbocycles. The predicted molar refractivity (Wildman–Crippen MR) is 70.9 cm³/mol. The summed E-state index contributed by atoms with van der Waals surface area (Å²) in [4.78, 5) is 1.46. The third-order valence-electron chi connectivity index (χ3n) is 3.44. The highest BCUT2D eigenvalue weighted by molar-refractivity contribution is 7.19. The van der Waals surface area contributed by atoms with E-state index in [0.29, 0.717) is 6.04 Å². The third kappa shape index (κ3) is 1.87. The first-order valence-electron chi connectivity index (χ1n) is 5.98. The zero-order valence-corrected chi connectivity index (χ0v) is 10.6. The van der Waals surface area contributed by atoms with Crippen LogP contribution >= 0.6 is 11.3 Å². The maximum atomic E-state index is 3.69. The lowest BCUT2D eigenvalue weighted by Gasteiger charge is -2.10. The topological polar surface area (TPSA) is 12.0 Å². The van der Waals surface area contributed by atoms with Gasteiger partial charge in [0.2, 0.25) is 0 Å². The van der Waals surface area contributed by atoms with Gasteiger partial charge in [0.05, 0.1) is 0 Å². The van der Waals surface area contributed by atoms with E-state index in [1.807, 2.05) is 11.3 Å². The molecule has 1 aliphatic carbocycles. The number of thiophene rings is 1. The first-order valence-corrected chi connectivity index (χ1v) is 6.80. The summed E-state index contributed by atoms with van der Waals surface area (Å²) in [6.45, 7) is 4.59. The van der Waals surface area contributed by atoms with E-state index >= 15 is 0 Å². The van der Waals surface area contributed by atoms with Crippen LogP contribution in [0.3, 0.4) is 0 Å². The number of benzene rings is 1. The molecule has 3 atom stereocenters. The lowest BCUT2D eigenvalue weighted by atomic mass is 10.2. The van der Waals surface area contributed by atoms with E-state index in [4.69, 9.17) is 0 Å². The van der Waals surface area contributed by atoms with E-state index in [2.05, 4.69) is 49.5 Å². The van der Waals surface area contributed by atoms with Gasteiger partial charge in [-0.05, 0) is 36.8 Å². The van der Waals surface area contributed by atoms with Crippen LogP contribution in [0.4, 0.5) is 0 Å². The molecule has 1 fully saturated rings. The summed E-state index contributed by atoms with van der Waals surface area (Å²) in [6, 6.07) is 12.2. The van der Waals surface area contributed by atoms with Crippen LogP contribution < -0.4 is 5.32 Å². The Morgan fingerprint density at radius 1 is 1.38 bits per heavy atom. The van der Waals surface area contributed by atoms with Crippen LogP contribution in [0.15, 0.2) is 30.3 Å². The highest BCUT2D eigenvalue weighted by atomic mass is 32.1. The summed E-state index contributed by atoms with van der Waals surface area (Å²) in [5.74, 6) is 0.872. The molecule has 1 N–H and O–H groups in total. The van der Waals surface area contributed by atoms with Gasteiger partial charge in [-0.3, -0.25) is 0 Å². The average Bonchev–Trinajstić information content (AvgIpc) is 2.82. The molecule has 3 unspecified atom stereocenters. The van der Waals surface area contributed by atoms with Crippen molar-refractivity contribution in [3.63, 3.8) is 0 Å². The van der Waals surface area contributed by atoms with E-state index in [-0.39, 0.29) is 0 Å². The minimum Gasteiger partial charge on any atom is -0.306 e. The van der Waals surface area contributed by atoms with Crippen molar-refractivity contribution < 1.29 is 0 Å². The van der Waals surface area contributed by atoms with Gasteiger partial charge in [-0.15, -0.1) is 11.3 Å². The van der Waals surface area contributed by atoms with Gasteiger partial charge in [0, 0.05) is 21.7 Å². The van der Waals surface area contributed by atoms with Crippen LogP contribution in [-0.4, -0.2) is 6.04 Å². The van der Waals surface area contributed by atoms with Crippen LogP contribution in [0.1, 0.15) is 31.2 Å². The zero-order chi connectivity index (χ0) is 11.1. The molecule has 1 heterocycles. The summed E-state index contributed by atoms with van der Waals surface area (Å²) in [5, 5.41) is 5.07. The number of fused-ring (bicyclic) bond motifs is 1. The van der Waals surface area contributed by atoms with Gasteiger partial charge >= 0.3 is 0 Å². The van der Waals surface area contributed by atoms with Crippen molar-refractivity contribution in [2.75, 3.05) is 0 Å². The largest absolute Gasteiger partial charge is 0.306 e. The van der Waals surface area contributed by atoms with Gasteiger partial charge in [-0.1, -0.05) is 25.1 Å².